The molecule has 2 heterocycles. The van der Waals surface area contributed by atoms with Gasteiger partial charge in [0.15, 0.2) is 0 Å². The number of hydrogen-bond donors (Lipinski definition) is 1. The lowest BCUT2D eigenvalue weighted by Gasteiger charge is -2.29. The van der Waals surface area contributed by atoms with E-state index >= 15 is 0 Å². The number of hydrogen-bond acceptors (Lipinski definition) is 3. The topological polar surface area (TPSA) is 39.1 Å². The second-order valence-corrected chi connectivity index (χ2v) is 4.81. The standard InChI is InChI=1S/C13H23N3O/c1-3-13-10-12(6-9-17-13)14-7-4-11-5-8-16(2)15-11/h5,8,12-14H,3-4,6-7,9-10H2,1-2H3. The van der Waals surface area contributed by atoms with Crippen LogP contribution in [0.25, 0.3) is 0 Å². The van der Waals surface area contributed by atoms with Crippen LogP contribution < -0.4 is 5.32 Å². The van der Waals surface area contributed by atoms with E-state index in [1.54, 1.807) is 0 Å². The summed E-state index contributed by atoms with van der Waals surface area (Å²) in [5, 5.41) is 7.99. The molecule has 1 saturated heterocycles. The van der Waals surface area contributed by atoms with Gasteiger partial charge in [-0.3, -0.25) is 4.68 Å². The molecule has 0 aliphatic carbocycles. The quantitative estimate of drug-likeness (QED) is 0.843. The molecule has 2 rings (SSSR count). The zero-order valence-electron chi connectivity index (χ0n) is 10.9. The Morgan fingerprint density at radius 2 is 2.47 bits per heavy atom. The molecule has 2 atom stereocenters. The van der Waals surface area contributed by atoms with E-state index in [9.17, 15) is 0 Å². The van der Waals surface area contributed by atoms with Gasteiger partial charge in [0, 0.05) is 38.9 Å². The zero-order chi connectivity index (χ0) is 12.1. The maximum atomic E-state index is 5.67. The summed E-state index contributed by atoms with van der Waals surface area (Å²) < 4.78 is 7.53. The van der Waals surface area contributed by atoms with Gasteiger partial charge in [0.2, 0.25) is 0 Å². The molecule has 0 amide bonds. The zero-order valence-corrected chi connectivity index (χ0v) is 10.9. The number of aryl methyl sites for hydroxylation is 1. The summed E-state index contributed by atoms with van der Waals surface area (Å²) in [6, 6.07) is 2.71. The van der Waals surface area contributed by atoms with Crippen LogP contribution in [0.4, 0.5) is 0 Å². The average Bonchev–Trinajstić information content (AvgIpc) is 2.75. The Morgan fingerprint density at radius 1 is 1.59 bits per heavy atom. The van der Waals surface area contributed by atoms with Crippen LogP contribution in [0.3, 0.4) is 0 Å². The highest BCUT2D eigenvalue weighted by Crippen LogP contribution is 2.16. The third kappa shape index (κ3) is 3.82. The maximum Gasteiger partial charge on any atom is 0.0637 e. The van der Waals surface area contributed by atoms with Gasteiger partial charge in [-0.2, -0.15) is 5.10 Å². The average molecular weight is 237 g/mol. The molecule has 0 saturated carbocycles. The predicted octanol–water partition coefficient (Wildman–Crippen LogP) is 1.51. The Balaban J connectivity index is 1.68. The molecule has 1 aromatic rings. The molecule has 1 aromatic heterocycles. The van der Waals surface area contributed by atoms with E-state index in [-0.39, 0.29) is 0 Å². The minimum atomic E-state index is 0.455. The van der Waals surface area contributed by atoms with Gasteiger partial charge in [0.05, 0.1) is 11.8 Å². The Hall–Kier alpha value is -0.870. The molecule has 1 aliphatic heterocycles. The molecule has 1 aliphatic rings. The molecule has 0 spiro atoms. The van der Waals surface area contributed by atoms with Crippen molar-refractivity contribution in [2.75, 3.05) is 13.2 Å². The molecule has 4 heteroatoms. The fraction of sp³-hybridized carbons (Fsp3) is 0.769. The molecule has 0 bridgehead atoms. The summed E-state index contributed by atoms with van der Waals surface area (Å²) >= 11 is 0. The second-order valence-electron chi connectivity index (χ2n) is 4.81. The van der Waals surface area contributed by atoms with Crippen molar-refractivity contribution in [3.05, 3.63) is 18.0 Å². The smallest absolute Gasteiger partial charge is 0.0637 e. The van der Waals surface area contributed by atoms with Crippen LogP contribution in [0.1, 0.15) is 31.9 Å². The van der Waals surface area contributed by atoms with Crippen LogP contribution in [-0.4, -0.2) is 35.1 Å². The number of rotatable bonds is 5. The number of nitrogens with one attached hydrogen (secondary N) is 1. The van der Waals surface area contributed by atoms with Gasteiger partial charge in [-0.25, -0.2) is 0 Å². The highest BCUT2D eigenvalue weighted by Gasteiger charge is 2.20. The van der Waals surface area contributed by atoms with Gasteiger partial charge in [0.1, 0.15) is 0 Å². The van der Waals surface area contributed by atoms with E-state index in [4.69, 9.17) is 4.74 Å². The molecular formula is C13H23N3O. The van der Waals surface area contributed by atoms with Crippen molar-refractivity contribution in [3.8, 4) is 0 Å². The summed E-state index contributed by atoms with van der Waals surface area (Å²) in [5.41, 5.74) is 1.17. The van der Waals surface area contributed by atoms with Crippen molar-refractivity contribution in [1.82, 2.24) is 15.1 Å². The van der Waals surface area contributed by atoms with Crippen molar-refractivity contribution < 1.29 is 4.74 Å². The molecule has 0 radical (unpaired) electrons. The Labute approximate surface area is 103 Å². The van der Waals surface area contributed by atoms with Crippen LogP contribution in [-0.2, 0) is 18.2 Å². The van der Waals surface area contributed by atoms with Crippen LogP contribution in [0.2, 0.25) is 0 Å². The Kier molecular flexibility index (Phi) is 4.57. The van der Waals surface area contributed by atoms with Gasteiger partial charge < -0.3 is 10.1 Å². The summed E-state index contributed by atoms with van der Waals surface area (Å²) in [5.74, 6) is 0. The number of nitrogens with zero attached hydrogens (tertiary/aromatic N) is 2. The largest absolute Gasteiger partial charge is 0.378 e. The van der Waals surface area contributed by atoms with Crippen molar-refractivity contribution in [2.24, 2.45) is 7.05 Å². The van der Waals surface area contributed by atoms with Crippen LogP contribution in [0.5, 0.6) is 0 Å². The summed E-state index contributed by atoms with van der Waals surface area (Å²) in [7, 11) is 1.96. The van der Waals surface area contributed by atoms with Gasteiger partial charge >= 0.3 is 0 Å². The van der Waals surface area contributed by atoms with E-state index in [0.29, 0.717) is 12.1 Å². The van der Waals surface area contributed by atoms with E-state index in [1.165, 1.54) is 5.69 Å². The highest BCUT2D eigenvalue weighted by atomic mass is 16.5. The van der Waals surface area contributed by atoms with Crippen molar-refractivity contribution in [2.45, 2.75) is 44.8 Å². The third-order valence-corrected chi connectivity index (χ3v) is 3.41. The second kappa shape index (κ2) is 6.17. The highest BCUT2D eigenvalue weighted by molar-refractivity contribution is 4.99. The van der Waals surface area contributed by atoms with Gasteiger partial charge in [-0.15, -0.1) is 0 Å². The summed E-state index contributed by atoms with van der Waals surface area (Å²) in [6.45, 7) is 4.11. The molecule has 1 fully saturated rings. The van der Waals surface area contributed by atoms with Gasteiger partial charge in [-0.1, -0.05) is 6.92 Å². The Morgan fingerprint density at radius 3 is 3.18 bits per heavy atom. The normalized spacial score (nSPS) is 25.1. The van der Waals surface area contributed by atoms with Gasteiger partial charge in [0.25, 0.3) is 0 Å². The SMILES string of the molecule is CCC1CC(NCCc2ccn(C)n2)CCO1. The van der Waals surface area contributed by atoms with Gasteiger partial charge in [-0.05, 0) is 25.3 Å². The number of ether oxygens (including phenoxy) is 1. The van der Waals surface area contributed by atoms with Crippen LogP contribution in [0, 0.1) is 0 Å². The minimum absolute atomic E-state index is 0.455. The first-order valence-corrected chi connectivity index (χ1v) is 6.61. The number of aromatic nitrogens is 2. The lowest BCUT2D eigenvalue weighted by atomic mass is 10.0. The first kappa shape index (κ1) is 12.6. The molecule has 2 unspecified atom stereocenters. The molecule has 4 nitrogen and oxygen atoms in total. The third-order valence-electron chi connectivity index (χ3n) is 3.41. The lowest BCUT2D eigenvalue weighted by Crippen LogP contribution is -2.39. The molecule has 1 N–H and O–H groups in total. The molecule has 96 valence electrons. The van der Waals surface area contributed by atoms with E-state index < -0.39 is 0 Å². The first-order chi connectivity index (χ1) is 8.28. The molecule has 0 aromatic carbocycles. The minimum Gasteiger partial charge on any atom is -0.378 e. The van der Waals surface area contributed by atoms with Crippen molar-refractivity contribution in [1.29, 1.82) is 0 Å². The van der Waals surface area contributed by atoms with Crippen molar-refractivity contribution in [3.63, 3.8) is 0 Å². The predicted molar refractivity (Wildman–Crippen MR) is 68.0 cm³/mol. The maximum absolute atomic E-state index is 5.67. The van der Waals surface area contributed by atoms with Crippen molar-refractivity contribution >= 4 is 0 Å². The summed E-state index contributed by atoms with van der Waals surface area (Å²) in [4.78, 5) is 0. The van der Waals surface area contributed by atoms with E-state index in [0.717, 1.165) is 38.8 Å². The monoisotopic (exact) mass is 237 g/mol. The first-order valence-electron chi connectivity index (χ1n) is 6.61. The van der Waals surface area contributed by atoms with Crippen LogP contribution in [0.15, 0.2) is 12.3 Å². The van der Waals surface area contributed by atoms with Crippen LogP contribution >= 0.6 is 0 Å². The molecular weight excluding hydrogens is 214 g/mol. The Bertz CT molecular complexity index is 337. The van der Waals surface area contributed by atoms with E-state index in [2.05, 4.69) is 23.4 Å². The lowest BCUT2D eigenvalue weighted by molar-refractivity contribution is 0.000107. The van der Waals surface area contributed by atoms with E-state index in [1.807, 2.05) is 17.9 Å². The summed E-state index contributed by atoms with van der Waals surface area (Å²) in [6.07, 6.45) is 6.87. The fourth-order valence-corrected chi connectivity index (χ4v) is 2.35. The molecule has 17 heavy (non-hydrogen) atoms. The fourth-order valence-electron chi connectivity index (χ4n) is 2.35.